The molecule has 0 radical (unpaired) electrons. The summed E-state index contributed by atoms with van der Waals surface area (Å²) in [6, 6.07) is 11.0. The van der Waals surface area contributed by atoms with Crippen molar-refractivity contribution in [3.8, 4) is 16.6 Å². The van der Waals surface area contributed by atoms with Crippen molar-refractivity contribution < 1.29 is 13.6 Å². The molecule has 1 unspecified atom stereocenters. The van der Waals surface area contributed by atoms with Gasteiger partial charge in [-0.15, -0.1) is 11.3 Å². The molecule has 3 aromatic rings. The van der Waals surface area contributed by atoms with Crippen LogP contribution in [0.15, 0.2) is 36.4 Å². The van der Waals surface area contributed by atoms with Crippen molar-refractivity contribution in [1.82, 2.24) is 9.88 Å². The van der Waals surface area contributed by atoms with Crippen molar-refractivity contribution in [2.45, 2.75) is 6.42 Å². The van der Waals surface area contributed by atoms with E-state index in [1.54, 1.807) is 17.0 Å². The molecular formula is C19H14F2N4OS. The Kier molecular flexibility index (Phi) is 4.46. The van der Waals surface area contributed by atoms with Gasteiger partial charge in [0.1, 0.15) is 5.01 Å². The van der Waals surface area contributed by atoms with Crippen molar-refractivity contribution in [3.05, 3.63) is 48.0 Å². The van der Waals surface area contributed by atoms with Crippen molar-refractivity contribution in [1.29, 1.82) is 5.26 Å². The van der Waals surface area contributed by atoms with Crippen LogP contribution < -0.4 is 5.32 Å². The molecule has 1 aromatic heterocycles. The summed E-state index contributed by atoms with van der Waals surface area (Å²) in [5.74, 6) is -1.93. The first-order valence-electron chi connectivity index (χ1n) is 8.35. The average Bonchev–Trinajstić information content (AvgIpc) is 3.30. The molecule has 27 heavy (non-hydrogen) atoms. The highest BCUT2D eigenvalue weighted by Crippen LogP contribution is 2.32. The number of rotatable bonds is 2. The molecule has 1 atom stereocenters. The minimum absolute atomic E-state index is 0.115. The molecule has 2 heterocycles. The van der Waals surface area contributed by atoms with Crippen LogP contribution in [-0.4, -0.2) is 29.0 Å². The average molecular weight is 384 g/mol. The number of halogens is 2. The second kappa shape index (κ2) is 6.93. The van der Waals surface area contributed by atoms with E-state index in [1.165, 1.54) is 17.4 Å². The van der Waals surface area contributed by atoms with E-state index in [0.717, 1.165) is 16.8 Å². The quantitative estimate of drug-likeness (QED) is 0.701. The third kappa shape index (κ3) is 3.46. The minimum atomic E-state index is -0.916. The largest absolute Gasteiger partial charge is 0.323 e. The van der Waals surface area contributed by atoms with Gasteiger partial charge in [-0.25, -0.2) is 18.6 Å². The van der Waals surface area contributed by atoms with Gasteiger partial charge in [-0.3, -0.25) is 0 Å². The summed E-state index contributed by atoms with van der Waals surface area (Å²) < 4.78 is 27.4. The lowest BCUT2D eigenvalue weighted by Gasteiger charge is -2.16. The van der Waals surface area contributed by atoms with E-state index in [9.17, 15) is 13.6 Å². The number of urea groups is 1. The third-order valence-corrected chi connectivity index (χ3v) is 5.55. The highest BCUT2D eigenvalue weighted by atomic mass is 32.1. The summed E-state index contributed by atoms with van der Waals surface area (Å²) in [6.45, 7) is 0.991. The zero-order valence-corrected chi connectivity index (χ0v) is 14.9. The molecule has 1 aliphatic heterocycles. The Morgan fingerprint density at radius 3 is 2.85 bits per heavy atom. The first-order valence-corrected chi connectivity index (χ1v) is 9.16. The smallest absolute Gasteiger partial charge is 0.321 e. The Hall–Kier alpha value is -3.05. The number of carbonyl (C=O) groups excluding carboxylic acids is 1. The lowest BCUT2D eigenvalue weighted by atomic mass is 10.1. The molecule has 1 fully saturated rings. The van der Waals surface area contributed by atoms with E-state index in [0.29, 0.717) is 41.3 Å². The number of fused-ring (bicyclic) bond motifs is 1. The maximum atomic E-state index is 13.5. The zero-order valence-electron chi connectivity index (χ0n) is 14.1. The predicted octanol–water partition coefficient (Wildman–Crippen LogP) is 4.62. The molecule has 0 aliphatic carbocycles. The normalized spacial score (nSPS) is 16.5. The van der Waals surface area contributed by atoms with Crippen LogP contribution in [0.2, 0.25) is 0 Å². The van der Waals surface area contributed by atoms with Gasteiger partial charge in [0.25, 0.3) is 0 Å². The third-order valence-electron chi connectivity index (χ3n) is 4.46. The fourth-order valence-corrected chi connectivity index (χ4v) is 3.95. The van der Waals surface area contributed by atoms with E-state index in [-0.39, 0.29) is 11.9 Å². The molecule has 4 rings (SSSR count). The van der Waals surface area contributed by atoms with Crippen molar-refractivity contribution in [3.63, 3.8) is 0 Å². The van der Waals surface area contributed by atoms with Gasteiger partial charge in [0, 0.05) is 24.3 Å². The maximum Gasteiger partial charge on any atom is 0.321 e. The summed E-state index contributed by atoms with van der Waals surface area (Å²) in [7, 11) is 0. The Labute approximate surface area is 157 Å². The molecule has 2 amide bonds. The number of thiazole rings is 1. The van der Waals surface area contributed by atoms with Crippen LogP contribution in [-0.2, 0) is 0 Å². The molecule has 1 aliphatic rings. The standard InChI is InChI=1S/C19H14F2N4OS/c20-14-3-1-12(7-15(14)21)18-24-16-8-13(2-4-17(16)27-18)23-19(26)25-6-5-11(9-22)10-25/h1-4,7-8,11H,5-6,10H2,(H,23,26). The topological polar surface area (TPSA) is 69.0 Å². The molecule has 5 nitrogen and oxygen atoms in total. The Bertz CT molecular complexity index is 1080. The number of likely N-dealkylation sites (tertiary alicyclic amines) is 1. The number of aromatic nitrogens is 1. The Morgan fingerprint density at radius 2 is 2.11 bits per heavy atom. The number of nitriles is 1. The second-order valence-electron chi connectivity index (χ2n) is 6.32. The Balaban J connectivity index is 1.55. The number of hydrogen-bond acceptors (Lipinski definition) is 4. The van der Waals surface area contributed by atoms with E-state index >= 15 is 0 Å². The Morgan fingerprint density at radius 1 is 1.26 bits per heavy atom. The van der Waals surface area contributed by atoms with Crippen LogP contribution in [0.1, 0.15) is 6.42 Å². The van der Waals surface area contributed by atoms with Gasteiger partial charge in [0.05, 0.1) is 22.2 Å². The predicted molar refractivity (Wildman–Crippen MR) is 99.3 cm³/mol. The molecule has 0 spiro atoms. The number of benzene rings is 2. The highest BCUT2D eigenvalue weighted by molar-refractivity contribution is 7.21. The number of amides is 2. The van der Waals surface area contributed by atoms with Gasteiger partial charge in [-0.1, -0.05) is 0 Å². The van der Waals surface area contributed by atoms with Crippen LogP contribution in [0.4, 0.5) is 19.3 Å². The van der Waals surface area contributed by atoms with E-state index in [4.69, 9.17) is 5.26 Å². The summed E-state index contributed by atoms with van der Waals surface area (Å²) in [4.78, 5) is 18.4. The van der Waals surface area contributed by atoms with Crippen LogP contribution in [0.3, 0.4) is 0 Å². The van der Waals surface area contributed by atoms with Crippen LogP contribution in [0.5, 0.6) is 0 Å². The van der Waals surface area contributed by atoms with Gasteiger partial charge in [-0.05, 0) is 42.8 Å². The molecule has 1 N–H and O–H groups in total. The molecule has 0 bridgehead atoms. The fourth-order valence-electron chi connectivity index (χ4n) is 3.01. The molecule has 0 saturated carbocycles. The number of nitrogens with one attached hydrogen (secondary N) is 1. The summed E-state index contributed by atoms with van der Waals surface area (Å²) in [5, 5.41) is 12.3. The number of hydrogen-bond donors (Lipinski definition) is 1. The van der Waals surface area contributed by atoms with E-state index < -0.39 is 11.6 Å². The van der Waals surface area contributed by atoms with Gasteiger partial charge >= 0.3 is 6.03 Å². The van der Waals surface area contributed by atoms with Gasteiger partial charge in [0.15, 0.2) is 11.6 Å². The summed E-state index contributed by atoms with van der Waals surface area (Å²) in [5.41, 5.74) is 1.75. The first-order chi connectivity index (χ1) is 13.0. The SMILES string of the molecule is N#CC1CCN(C(=O)Nc2ccc3sc(-c4ccc(F)c(F)c4)nc3c2)C1. The maximum absolute atomic E-state index is 13.5. The van der Waals surface area contributed by atoms with Gasteiger partial charge < -0.3 is 10.2 Å². The fraction of sp³-hybridized carbons (Fsp3) is 0.211. The van der Waals surface area contributed by atoms with Crippen LogP contribution >= 0.6 is 11.3 Å². The van der Waals surface area contributed by atoms with E-state index in [1.807, 2.05) is 6.07 Å². The number of carbonyl (C=O) groups is 1. The second-order valence-corrected chi connectivity index (χ2v) is 7.35. The molecule has 8 heteroatoms. The summed E-state index contributed by atoms with van der Waals surface area (Å²) in [6.07, 6.45) is 0.687. The van der Waals surface area contributed by atoms with Gasteiger partial charge in [-0.2, -0.15) is 5.26 Å². The zero-order chi connectivity index (χ0) is 19.0. The van der Waals surface area contributed by atoms with E-state index in [2.05, 4.69) is 16.4 Å². The molecule has 136 valence electrons. The molecule has 1 saturated heterocycles. The minimum Gasteiger partial charge on any atom is -0.323 e. The first kappa shape index (κ1) is 17.4. The van der Waals surface area contributed by atoms with Crippen LogP contribution in [0, 0.1) is 28.9 Å². The lowest BCUT2D eigenvalue weighted by Crippen LogP contribution is -2.32. The monoisotopic (exact) mass is 384 g/mol. The lowest BCUT2D eigenvalue weighted by molar-refractivity contribution is 0.222. The van der Waals surface area contributed by atoms with Crippen molar-refractivity contribution in [2.24, 2.45) is 5.92 Å². The van der Waals surface area contributed by atoms with Crippen molar-refractivity contribution >= 4 is 33.3 Å². The highest BCUT2D eigenvalue weighted by Gasteiger charge is 2.26. The number of nitrogens with zero attached hydrogens (tertiary/aromatic N) is 3. The van der Waals surface area contributed by atoms with Crippen molar-refractivity contribution in [2.75, 3.05) is 18.4 Å². The number of anilines is 1. The molecule has 2 aromatic carbocycles. The van der Waals surface area contributed by atoms with Gasteiger partial charge in [0.2, 0.25) is 0 Å². The van der Waals surface area contributed by atoms with Crippen LogP contribution in [0.25, 0.3) is 20.8 Å². The summed E-state index contributed by atoms with van der Waals surface area (Å²) >= 11 is 1.36. The molecular weight excluding hydrogens is 370 g/mol.